The van der Waals surface area contributed by atoms with Crippen molar-refractivity contribution in [1.82, 2.24) is 15.2 Å². The van der Waals surface area contributed by atoms with Gasteiger partial charge in [-0.1, -0.05) is 0 Å². The Morgan fingerprint density at radius 1 is 1.23 bits per heavy atom. The van der Waals surface area contributed by atoms with Gasteiger partial charge in [0.05, 0.1) is 17.6 Å². The average molecular weight is 293 g/mol. The van der Waals surface area contributed by atoms with E-state index in [0.717, 1.165) is 0 Å². The lowest BCUT2D eigenvalue weighted by Gasteiger charge is -2.08. The lowest BCUT2D eigenvalue weighted by molar-refractivity contribution is 0.107. The zero-order chi connectivity index (χ0) is 15.5. The number of ether oxygens (including phenoxy) is 1. The van der Waals surface area contributed by atoms with Crippen LogP contribution in [0.25, 0.3) is 11.3 Å². The van der Waals surface area contributed by atoms with Crippen LogP contribution in [0.1, 0.15) is 10.5 Å². The molecule has 7 heteroatoms. The molecule has 0 aliphatic rings. The number of halogens is 1. The van der Waals surface area contributed by atoms with Crippen LogP contribution >= 0.6 is 0 Å². The molecule has 1 N–H and O–H groups in total. The van der Waals surface area contributed by atoms with E-state index in [2.05, 4.69) is 15.2 Å². The summed E-state index contributed by atoms with van der Waals surface area (Å²) < 4.78 is 18.6. The Hall–Kier alpha value is -2.96. The van der Waals surface area contributed by atoms with Gasteiger partial charge in [-0.2, -0.15) is 5.10 Å². The quantitative estimate of drug-likeness (QED) is 0.751. The number of pyridine rings is 1. The highest BCUT2D eigenvalue weighted by Gasteiger charge is 2.12. The van der Waals surface area contributed by atoms with Crippen LogP contribution in [0.3, 0.4) is 0 Å². The zero-order valence-corrected chi connectivity index (χ0v) is 11.3. The maximum absolute atomic E-state index is 12.9. The molecular formula is C15H9BFN3O2. The van der Waals surface area contributed by atoms with E-state index in [4.69, 9.17) is 12.6 Å². The van der Waals surface area contributed by atoms with Gasteiger partial charge in [0.15, 0.2) is 13.6 Å². The number of carbonyl (C=O) groups excluding carboxylic acids is 1. The molecule has 0 bridgehead atoms. The van der Waals surface area contributed by atoms with Crippen LogP contribution in [-0.4, -0.2) is 28.7 Å². The topological polar surface area (TPSA) is 67.9 Å². The molecule has 0 saturated heterocycles. The fourth-order valence-electron chi connectivity index (χ4n) is 1.89. The Labute approximate surface area is 126 Å². The van der Waals surface area contributed by atoms with Crippen LogP contribution in [-0.2, 0) is 0 Å². The molecule has 0 amide bonds. The van der Waals surface area contributed by atoms with Gasteiger partial charge < -0.3 is 9.53 Å². The molecule has 0 aliphatic heterocycles. The second kappa shape index (κ2) is 5.81. The molecule has 2 radical (unpaired) electrons. The first kappa shape index (κ1) is 14.0. The summed E-state index contributed by atoms with van der Waals surface area (Å²) in [5, 5.41) is 6.58. The van der Waals surface area contributed by atoms with E-state index in [-0.39, 0.29) is 11.5 Å². The predicted molar refractivity (Wildman–Crippen MR) is 78.4 cm³/mol. The molecule has 0 saturated carbocycles. The number of nitrogens with zero attached hydrogens (tertiary/aromatic N) is 2. The molecule has 0 atom stereocenters. The highest BCUT2D eigenvalue weighted by molar-refractivity contribution is 6.62. The molecule has 0 fully saturated rings. The van der Waals surface area contributed by atoms with Crippen molar-refractivity contribution in [2.75, 3.05) is 0 Å². The predicted octanol–water partition coefficient (Wildman–Crippen LogP) is 2.71. The van der Waals surface area contributed by atoms with Crippen LogP contribution in [0.2, 0.25) is 0 Å². The molecule has 2 heterocycles. The second-order valence-electron chi connectivity index (χ2n) is 4.46. The van der Waals surface area contributed by atoms with Gasteiger partial charge in [-0.05, 0) is 36.4 Å². The van der Waals surface area contributed by atoms with Gasteiger partial charge in [-0.3, -0.25) is 10.1 Å². The molecule has 0 aliphatic carbocycles. The first-order valence-corrected chi connectivity index (χ1v) is 6.36. The van der Waals surface area contributed by atoms with Crippen LogP contribution in [0.4, 0.5) is 4.39 Å². The number of nitrogens with one attached hydrogen (secondary N) is 1. The summed E-state index contributed by atoms with van der Waals surface area (Å²) in [6, 6.07) is 8.82. The summed E-state index contributed by atoms with van der Waals surface area (Å²) in [5.74, 6) is 0.537. The Morgan fingerprint density at radius 3 is 2.68 bits per heavy atom. The number of carbonyl (C=O) groups is 1. The van der Waals surface area contributed by atoms with E-state index in [9.17, 15) is 9.18 Å². The number of aromatic amines is 1. The lowest BCUT2D eigenvalue weighted by atomic mass is 9.99. The molecule has 1 aromatic carbocycles. The molecule has 2 aromatic heterocycles. The fourth-order valence-corrected chi connectivity index (χ4v) is 1.89. The van der Waals surface area contributed by atoms with Crippen molar-refractivity contribution in [3.8, 4) is 22.8 Å². The first-order valence-electron chi connectivity index (χ1n) is 6.36. The lowest BCUT2D eigenvalue weighted by Crippen LogP contribution is -1.96. The highest BCUT2D eigenvalue weighted by Crippen LogP contribution is 2.31. The normalized spacial score (nSPS) is 10.4. The minimum Gasteiger partial charge on any atom is -0.455 e. The Bertz CT molecular complexity index is 818. The summed E-state index contributed by atoms with van der Waals surface area (Å²) in [6.45, 7) is 0. The summed E-state index contributed by atoms with van der Waals surface area (Å²) in [6.07, 6.45) is 3.09. The number of hydrogen-bond acceptors (Lipinski definition) is 4. The van der Waals surface area contributed by atoms with Crippen molar-refractivity contribution < 1.29 is 13.9 Å². The number of benzene rings is 1. The largest absolute Gasteiger partial charge is 0.455 e. The van der Waals surface area contributed by atoms with Crippen molar-refractivity contribution >= 4 is 13.5 Å². The Kier molecular flexibility index (Phi) is 3.70. The maximum atomic E-state index is 12.9. The minimum absolute atomic E-state index is 0.194. The molecule has 22 heavy (non-hydrogen) atoms. The smallest absolute Gasteiger partial charge is 0.177 e. The van der Waals surface area contributed by atoms with Crippen molar-refractivity contribution in [3.05, 3.63) is 60.3 Å². The van der Waals surface area contributed by atoms with Crippen molar-refractivity contribution in [2.24, 2.45) is 0 Å². The summed E-state index contributed by atoms with van der Waals surface area (Å²) in [5.41, 5.74) is 0.713. The standard InChI is InChI=1S/C15H9BFN3O2/c16-15(21)13-7-12(19-20-13)11-5-6-18-8-14(11)22-10-3-1-9(17)2-4-10/h1-8H,(H,19,20). The maximum Gasteiger partial charge on any atom is 0.177 e. The van der Waals surface area contributed by atoms with Crippen LogP contribution in [0, 0.1) is 5.82 Å². The summed E-state index contributed by atoms with van der Waals surface area (Å²) in [7, 11) is 5.19. The van der Waals surface area contributed by atoms with E-state index in [0.29, 0.717) is 22.8 Å². The van der Waals surface area contributed by atoms with Gasteiger partial charge in [0.25, 0.3) is 0 Å². The van der Waals surface area contributed by atoms with E-state index < -0.39 is 5.68 Å². The van der Waals surface area contributed by atoms with Gasteiger partial charge in [0.1, 0.15) is 17.2 Å². The van der Waals surface area contributed by atoms with E-state index in [1.165, 1.54) is 36.5 Å². The summed E-state index contributed by atoms with van der Waals surface area (Å²) >= 11 is 0. The summed E-state index contributed by atoms with van der Waals surface area (Å²) in [4.78, 5) is 15.1. The molecule has 0 spiro atoms. The number of aromatic nitrogens is 3. The number of hydrogen-bond donors (Lipinski definition) is 1. The third-order valence-corrected chi connectivity index (χ3v) is 2.95. The zero-order valence-electron chi connectivity index (χ0n) is 11.3. The van der Waals surface area contributed by atoms with Gasteiger partial charge in [-0.25, -0.2) is 4.39 Å². The first-order chi connectivity index (χ1) is 10.6. The SMILES string of the molecule is [B]C(=O)c1cc(-c2ccncc2Oc2ccc(F)cc2)n[nH]1. The fraction of sp³-hybridized carbons (Fsp3) is 0. The van der Waals surface area contributed by atoms with Crippen LogP contribution in [0.15, 0.2) is 48.8 Å². The molecular weight excluding hydrogens is 284 g/mol. The number of rotatable bonds is 4. The van der Waals surface area contributed by atoms with Gasteiger partial charge in [0, 0.05) is 11.8 Å². The third-order valence-electron chi connectivity index (χ3n) is 2.95. The monoisotopic (exact) mass is 293 g/mol. The van der Waals surface area contributed by atoms with Crippen molar-refractivity contribution in [1.29, 1.82) is 0 Å². The van der Waals surface area contributed by atoms with E-state index in [1.807, 2.05) is 0 Å². The minimum atomic E-state index is -0.603. The van der Waals surface area contributed by atoms with E-state index in [1.54, 1.807) is 12.3 Å². The van der Waals surface area contributed by atoms with Crippen LogP contribution in [0.5, 0.6) is 11.5 Å². The van der Waals surface area contributed by atoms with Gasteiger partial charge in [0.2, 0.25) is 0 Å². The van der Waals surface area contributed by atoms with Crippen molar-refractivity contribution in [2.45, 2.75) is 0 Å². The third kappa shape index (κ3) is 2.88. The van der Waals surface area contributed by atoms with E-state index >= 15 is 0 Å². The molecule has 0 unspecified atom stereocenters. The second-order valence-corrected chi connectivity index (χ2v) is 4.46. The molecule has 3 aromatic rings. The van der Waals surface area contributed by atoms with Gasteiger partial charge >= 0.3 is 0 Å². The number of H-pyrrole nitrogens is 1. The van der Waals surface area contributed by atoms with Crippen molar-refractivity contribution in [3.63, 3.8) is 0 Å². The van der Waals surface area contributed by atoms with Gasteiger partial charge in [-0.15, -0.1) is 0 Å². The van der Waals surface area contributed by atoms with Crippen LogP contribution < -0.4 is 4.74 Å². The highest BCUT2D eigenvalue weighted by atomic mass is 19.1. The Balaban J connectivity index is 1.95. The molecule has 5 nitrogen and oxygen atoms in total. The molecule has 3 rings (SSSR count). The molecule has 106 valence electrons. The Morgan fingerprint density at radius 2 is 2.00 bits per heavy atom. The average Bonchev–Trinajstić information content (AvgIpc) is 3.00.